The molecule has 0 N–H and O–H groups in total. The maximum Gasteiger partial charge on any atom is 0.119 e. The van der Waals surface area contributed by atoms with Gasteiger partial charge in [0.2, 0.25) is 0 Å². The molecule has 0 aliphatic rings. The minimum Gasteiger partial charge on any atom is -0.497 e. The number of benzene rings is 2. The fourth-order valence-corrected chi connectivity index (χ4v) is 3.06. The molecule has 28 heavy (non-hydrogen) atoms. The molecule has 0 aliphatic carbocycles. The van der Waals surface area contributed by atoms with Crippen LogP contribution in [0.3, 0.4) is 0 Å². The number of hydrogen-bond acceptors (Lipinski definition) is 3. The highest BCUT2D eigenvalue weighted by atomic mass is 35.5. The smallest absolute Gasteiger partial charge is 0.119 e. The van der Waals surface area contributed by atoms with Gasteiger partial charge in [-0.1, -0.05) is 50.3 Å². The lowest BCUT2D eigenvalue weighted by molar-refractivity contribution is 0.234. The highest BCUT2D eigenvalue weighted by Gasteiger charge is 2.02. The average Bonchev–Trinajstić information content (AvgIpc) is 2.71. The van der Waals surface area contributed by atoms with Crippen LogP contribution in [-0.2, 0) is 0 Å². The summed E-state index contributed by atoms with van der Waals surface area (Å²) < 4.78 is 11.2. The van der Waals surface area contributed by atoms with E-state index in [-0.39, 0.29) is 12.4 Å². The van der Waals surface area contributed by atoms with E-state index in [9.17, 15) is 0 Å². The first-order valence-electron chi connectivity index (χ1n) is 10.0. The molecule has 0 aliphatic heterocycles. The topological polar surface area (TPSA) is 21.7 Å². The van der Waals surface area contributed by atoms with Gasteiger partial charge in [-0.15, -0.1) is 12.4 Å². The Balaban J connectivity index is 0.00000392. The lowest BCUT2D eigenvalue weighted by atomic mass is 10.1. The second-order valence-electron chi connectivity index (χ2n) is 6.72. The van der Waals surface area contributed by atoms with E-state index in [1.165, 1.54) is 25.9 Å². The van der Waals surface area contributed by atoms with Crippen molar-refractivity contribution in [2.75, 3.05) is 33.4 Å². The molecule has 0 fully saturated rings. The molecule has 3 nitrogen and oxygen atoms in total. The molecule has 154 valence electrons. The van der Waals surface area contributed by atoms with Crippen molar-refractivity contribution in [3.05, 3.63) is 59.7 Å². The molecule has 0 aromatic heterocycles. The third kappa shape index (κ3) is 8.81. The van der Waals surface area contributed by atoms with E-state index in [0.717, 1.165) is 42.2 Å². The van der Waals surface area contributed by atoms with Gasteiger partial charge in [-0.3, -0.25) is 0 Å². The van der Waals surface area contributed by atoms with E-state index in [1.807, 2.05) is 30.3 Å². The summed E-state index contributed by atoms with van der Waals surface area (Å²) in [5.41, 5.74) is 2.28. The van der Waals surface area contributed by atoms with Gasteiger partial charge in [0.1, 0.15) is 11.5 Å². The maximum absolute atomic E-state index is 5.89. The van der Waals surface area contributed by atoms with Gasteiger partial charge in [-0.2, -0.15) is 0 Å². The van der Waals surface area contributed by atoms with Crippen molar-refractivity contribution in [2.24, 2.45) is 0 Å². The van der Waals surface area contributed by atoms with E-state index in [2.05, 4.69) is 49.1 Å². The molecule has 0 bridgehead atoms. The molecular formula is C24H34ClNO2. The Bertz CT molecular complexity index is 679. The fraction of sp³-hybridized carbons (Fsp3) is 0.417. The van der Waals surface area contributed by atoms with Crippen molar-refractivity contribution in [3.8, 4) is 11.5 Å². The third-order valence-corrected chi connectivity index (χ3v) is 4.41. The molecular weight excluding hydrogens is 370 g/mol. The highest BCUT2D eigenvalue weighted by molar-refractivity contribution is 5.85. The summed E-state index contributed by atoms with van der Waals surface area (Å²) in [7, 11) is 1.69. The van der Waals surface area contributed by atoms with Gasteiger partial charge in [0.05, 0.1) is 13.7 Å². The quantitative estimate of drug-likeness (QED) is 0.312. The van der Waals surface area contributed by atoms with Crippen molar-refractivity contribution in [3.63, 3.8) is 0 Å². The monoisotopic (exact) mass is 403 g/mol. The summed E-state index contributed by atoms with van der Waals surface area (Å²) in [5, 5.41) is 0. The second kappa shape index (κ2) is 14.1. The van der Waals surface area contributed by atoms with Crippen LogP contribution in [0, 0.1) is 0 Å². The van der Waals surface area contributed by atoms with E-state index < -0.39 is 0 Å². The molecule has 0 amide bonds. The van der Waals surface area contributed by atoms with Crippen LogP contribution in [0.5, 0.6) is 11.5 Å². The summed E-state index contributed by atoms with van der Waals surface area (Å²) in [6, 6.07) is 16.3. The van der Waals surface area contributed by atoms with Crippen molar-refractivity contribution in [2.45, 2.75) is 33.1 Å². The van der Waals surface area contributed by atoms with Crippen molar-refractivity contribution >= 4 is 24.6 Å². The first-order chi connectivity index (χ1) is 13.2. The normalized spacial score (nSPS) is 10.9. The highest BCUT2D eigenvalue weighted by Crippen LogP contribution is 2.17. The zero-order chi connectivity index (χ0) is 19.3. The van der Waals surface area contributed by atoms with E-state index in [1.54, 1.807) is 7.11 Å². The summed E-state index contributed by atoms with van der Waals surface area (Å²) >= 11 is 0. The van der Waals surface area contributed by atoms with E-state index >= 15 is 0 Å². The van der Waals surface area contributed by atoms with Crippen LogP contribution in [0.25, 0.3) is 12.2 Å². The Morgan fingerprint density at radius 3 is 2.14 bits per heavy atom. The van der Waals surface area contributed by atoms with E-state index in [0.29, 0.717) is 0 Å². The van der Waals surface area contributed by atoms with Crippen molar-refractivity contribution in [1.82, 2.24) is 4.90 Å². The predicted octanol–water partition coefficient (Wildman–Crippen LogP) is 6.18. The van der Waals surface area contributed by atoms with Crippen molar-refractivity contribution < 1.29 is 9.47 Å². The van der Waals surface area contributed by atoms with Gasteiger partial charge in [0.15, 0.2) is 0 Å². The zero-order valence-corrected chi connectivity index (χ0v) is 18.2. The molecule has 0 saturated heterocycles. The number of methoxy groups -OCH3 is 1. The Kier molecular flexibility index (Phi) is 12.1. The number of rotatable bonds is 12. The number of ether oxygens (including phenoxy) is 2. The minimum atomic E-state index is 0. The van der Waals surface area contributed by atoms with Crippen LogP contribution in [0.2, 0.25) is 0 Å². The summed E-state index contributed by atoms with van der Waals surface area (Å²) in [4.78, 5) is 2.52. The second-order valence-corrected chi connectivity index (χ2v) is 6.72. The van der Waals surface area contributed by atoms with Gasteiger partial charge in [-0.25, -0.2) is 0 Å². The standard InChI is InChI=1S/C24H33NO2.ClH/c1-4-16-25(17-5-2)18-7-19-27-23-14-12-21(13-15-23)10-11-22-8-6-9-24(20-22)26-3;/h6,8-15,20H,4-5,7,16-19H2,1-3H3;1H/b11-10+;. The summed E-state index contributed by atoms with van der Waals surface area (Å²) in [5.74, 6) is 1.81. The average molecular weight is 404 g/mol. The zero-order valence-electron chi connectivity index (χ0n) is 17.4. The maximum atomic E-state index is 5.89. The van der Waals surface area contributed by atoms with Crippen LogP contribution in [0.4, 0.5) is 0 Å². The number of hydrogen-bond donors (Lipinski definition) is 0. The van der Waals surface area contributed by atoms with Crippen LogP contribution in [0.1, 0.15) is 44.2 Å². The molecule has 4 heteroatoms. The van der Waals surface area contributed by atoms with Gasteiger partial charge >= 0.3 is 0 Å². The van der Waals surface area contributed by atoms with Crippen LogP contribution < -0.4 is 9.47 Å². The Morgan fingerprint density at radius 1 is 0.821 bits per heavy atom. The minimum absolute atomic E-state index is 0. The largest absolute Gasteiger partial charge is 0.497 e. The van der Waals surface area contributed by atoms with Gasteiger partial charge in [0.25, 0.3) is 0 Å². The van der Waals surface area contributed by atoms with Gasteiger partial charge < -0.3 is 14.4 Å². The molecule has 0 radical (unpaired) electrons. The molecule has 0 heterocycles. The fourth-order valence-electron chi connectivity index (χ4n) is 3.06. The van der Waals surface area contributed by atoms with Crippen molar-refractivity contribution in [1.29, 1.82) is 0 Å². The SMILES string of the molecule is CCCN(CCC)CCCOc1ccc(/C=C/c2cccc(OC)c2)cc1.Cl. The summed E-state index contributed by atoms with van der Waals surface area (Å²) in [6.45, 7) is 8.73. The van der Waals surface area contributed by atoms with Crippen LogP contribution >= 0.6 is 12.4 Å². The first kappa shape index (κ1) is 24.1. The lowest BCUT2D eigenvalue weighted by Crippen LogP contribution is -2.27. The molecule has 0 spiro atoms. The van der Waals surface area contributed by atoms with Gasteiger partial charge in [-0.05, 0) is 67.7 Å². The van der Waals surface area contributed by atoms with Crippen LogP contribution in [0.15, 0.2) is 48.5 Å². The Morgan fingerprint density at radius 2 is 1.50 bits per heavy atom. The molecule has 0 unspecified atom stereocenters. The Labute approximate surface area is 176 Å². The molecule has 0 atom stereocenters. The molecule has 0 saturated carbocycles. The van der Waals surface area contributed by atoms with E-state index in [4.69, 9.17) is 9.47 Å². The van der Waals surface area contributed by atoms with Crippen LogP contribution in [-0.4, -0.2) is 38.3 Å². The number of halogens is 1. The number of nitrogens with zero attached hydrogens (tertiary/aromatic N) is 1. The summed E-state index contributed by atoms with van der Waals surface area (Å²) in [6.07, 6.45) is 7.69. The molecule has 2 aromatic carbocycles. The predicted molar refractivity (Wildman–Crippen MR) is 123 cm³/mol. The molecule has 2 rings (SSSR count). The van der Waals surface area contributed by atoms with Gasteiger partial charge in [0, 0.05) is 6.54 Å². The Hall–Kier alpha value is -1.97. The first-order valence-corrected chi connectivity index (χ1v) is 10.0. The third-order valence-electron chi connectivity index (χ3n) is 4.41. The lowest BCUT2D eigenvalue weighted by Gasteiger charge is -2.20. The molecule has 2 aromatic rings.